The summed E-state index contributed by atoms with van der Waals surface area (Å²) in [6.07, 6.45) is 1.00. The van der Waals surface area contributed by atoms with Crippen molar-refractivity contribution in [2.45, 2.75) is 45.3 Å². The normalized spacial score (nSPS) is 24.5. The van der Waals surface area contributed by atoms with Gasteiger partial charge in [0, 0.05) is 0 Å². The first-order chi connectivity index (χ1) is 10.1. The lowest BCUT2D eigenvalue weighted by Gasteiger charge is -2.35. The smallest absolute Gasteiger partial charge is 0.120 e. The molecule has 2 aromatic rings. The van der Waals surface area contributed by atoms with E-state index in [0.29, 0.717) is 5.92 Å². The van der Waals surface area contributed by atoms with E-state index in [1.165, 1.54) is 22.3 Å². The molecule has 0 heterocycles. The first kappa shape index (κ1) is 14.2. The molecule has 2 nitrogen and oxygen atoms in total. The molecule has 1 aliphatic rings. The second kappa shape index (κ2) is 5.53. The monoisotopic (exact) mass is 281 g/mol. The Morgan fingerprint density at radius 2 is 1.71 bits per heavy atom. The molecule has 0 fully saturated rings. The molecule has 0 aliphatic heterocycles. The zero-order chi connectivity index (χ0) is 15.0. The highest BCUT2D eigenvalue weighted by Gasteiger charge is 2.32. The van der Waals surface area contributed by atoms with Crippen molar-refractivity contribution in [2.24, 2.45) is 5.73 Å². The molecule has 21 heavy (non-hydrogen) atoms. The third kappa shape index (κ3) is 2.68. The van der Waals surface area contributed by atoms with Crippen molar-refractivity contribution in [1.82, 2.24) is 0 Å². The first-order valence-electron chi connectivity index (χ1n) is 7.64. The molecule has 3 atom stereocenters. The summed E-state index contributed by atoms with van der Waals surface area (Å²) in [6, 6.07) is 14.7. The summed E-state index contributed by atoms with van der Waals surface area (Å²) in [7, 11) is 0. The second-order valence-corrected chi connectivity index (χ2v) is 6.19. The van der Waals surface area contributed by atoms with E-state index in [-0.39, 0.29) is 12.1 Å². The second-order valence-electron chi connectivity index (χ2n) is 6.19. The van der Waals surface area contributed by atoms with Gasteiger partial charge >= 0.3 is 0 Å². The molecule has 2 N–H and O–H groups in total. The van der Waals surface area contributed by atoms with E-state index in [0.717, 1.165) is 12.2 Å². The molecular formula is C19H23NO. The van der Waals surface area contributed by atoms with E-state index in [1.807, 2.05) is 6.07 Å². The Bertz CT molecular complexity index is 650. The summed E-state index contributed by atoms with van der Waals surface area (Å²) in [5.74, 6) is 1.41. The minimum Gasteiger partial charge on any atom is -0.488 e. The van der Waals surface area contributed by atoms with Crippen LogP contribution in [0, 0.1) is 13.8 Å². The zero-order valence-corrected chi connectivity index (χ0v) is 13.0. The Morgan fingerprint density at radius 3 is 2.43 bits per heavy atom. The van der Waals surface area contributed by atoms with Gasteiger partial charge in [0.1, 0.15) is 11.9 Å². The van der Waals surface area contributed by atoms with Gasteiger partial charge in [0.15, 0.2) is 0 Å². The van der Waals surface area contributed by atoms with Gasteiger partial charge in [-0.1, -0.05) is 37.3 Å². The Labute approximate surface area is 126 Å². The molecule has 0 saturated carbocycles. The van der Waals surface area contributed by atoms with Crippen LogP contribution >= 0.6 is 0 Å². The molecule has 3 rings (SSSR count). The summed E-state index contributed by atoms with van der Waals surface area (Å²) in [4.78, 5) is 0. The lowest BCUT2D eigenvalue weighted by atomic mass is 9.79. The molecular weight excluding hydrogens is 258 g/mol. The van der Waals surface area contributed by atoms with Gasteiger partial charge in [-0.3, -0.25) is 0 Å². The van der Waals surface area contributed by atoms with Crippen molar-refractivity contribution >= 4 is 0 Å². The van der Waals surface area contributed by atoms with Crippen LogP contribution in [0.15, 0.2) is 42.5 Å². The van der Waals surface area contributed by atoms with Crippen molar-refractivity contribution in [3.63, 3.8) is 0 Å². The fourth-order valence-corrected chi connectivity index (χ4v) is 3.17. The third-order valence-electron chi connectivity index (χ3n) is 4.64. The molecule has 0 saturated heterocycles. The number of aryl methyl sites for hydroxylation is 2. The van der Waals surface area contributed by atoms with Gasteiger partial charge in [-0.25, -0.2) is 0 Å². The van der Waals surface area contributed by atoms with Crippen molar-refractivity contribution in [3.8, 4) is 5.75 Å². The van der Waals surface area contributed by atoms with E-state index in [2.05, 4.69) is 57.2 Å². The maximum atomic E-state index is 6.44. The topological polar surface area (TPSA) is 35.2 Å². The fraction of sp³-hybridized carbons (Fsp3) is 0.368. The average Bonchev–Trinajstić information content (AvgIpc) is 2.48. The van der Waals surface area contributed by atoms with Gasteiger partial charge < -0.3 is 10.5 Å². The quantitative estimate of drug-likeness (QED) is 0.892. The van der Waals surface area contributed by atoms with Crippen LogP contribution in [0.4, 0.5) is 0 Å². The number of fused-ring (bicyclic) bond motifs is 1. The fourth-order valence-electron chi connectivity index (χ4n) is 3.17. The van der Waals surface area contributed by atoms with E-state index >= 15 is 0 Å². The van der Waals surface area contributed by atoms with Crippen molar-refractivity contribution in [1.29, 1.82) is 0 Å². The molecule has 0 spiro atoms. The molecule has 2 aromatic carbocycles. The molecule has 0 aromatic heterocycles. The molecule has 0 radical (unpaired) electrons. The lowest BCUT2D eigenvalue weighted by Crippen LogP contribution is -2.37. The SMILES string of the molecule is Cc1ccc(OC2CC(C)c3ccccc3C2N)cc1C. The summed E-state index contributed by atoms with van der Waals surface area (Å²) >= 11 is 0. The van der Waals surface area contributed by atoms with Gasteiger partial charge in [0.25, 0.3) is 0 Å². The van der Waals surface area contributed by atoms with Crippen molar-refractivity contribution in [3.05, 3.63) is 64.7 Å². The number of hydrogen-bond acceptors (Lipinski definition) is 2. The van der Waals surface area contributed by atoms with E-state index < -0.39 is 0 Å². The lowest BCUT2D eigenvalue weighted by molar-refractivity contribution is 0.144. The predicted octanol–water partition coefficient (Wildman–Crippen LogP) is 4.26. The molecule has 0 amide bonds. The van der Waals surface area contributed by atoms with Crippen LogP contribution in [0.2, 0.25) is 0 Å². The van der Waals surface area contributed by atoms with E-state index in [4.69, 9.17) is 10.5 Å². The number of benzene rings is 2. The maximum absolute atomic E-state index is 6.44. The van der Waals surface area contributed by atoms with Crippen LogP contribution in [0.1, 0.15) is 47.6 Å². The number of ether oxygens (including phenoxy) is 1. The molecule has 110 valence electrons. The van der Waals surface area contributed by atoms with Crippen LogP contribution in [0.25, 0.3) is 0 Å². The molecule has 3 unspecified atom stereocenters. The number of rotatable bonds is 2. The van der Waals surface area contributed by atoms with Crippen molar-refractivity contribution in [2.75, 3.05) is 0 Å². The van der Waals surface area contributed by atoms with Gasteiger partial charge in [-0.15, -0.1) is 0 Å². The van der Waals surface area contributed by atoms with Gasteiger partial charge in [0.05, 0.1) is 6.04 Å². The third-order valence-corrected chi connectivity index (χ3v) is 4.64. The summed E-state index contributed by atoms with van der Waals surface area (Å²) in [5, 5.41) is 0. The summed E-state index contributed by atoms with van der Waals surface area (Å²) in [6.45, 7) is 6.48. The minimum absolute atomic E-state index is 0.0389. The Morgan fingerprint density at radius 1 is 1.00 bits per heavy atom. The van der Waals surface area contributed by atoms with Gasteiger partial charge in [-0.05, 0) is 60.6 Å². The van der Waals surface area contributed by atoms with Crippen LogP contribution in [0.3, 0.4) is 0 Å². The van der Waals surface area contributed by atoms with Gasteiger partial charge in [0.2, 0.25) is 0 Å². The maximum Gasteiger partial charge on any atom is 0.120 e. The number of nitrogens with two attached hydrogens (primary N) is 1. The standard InChI is InChI=1S/C19H23NO/c1-12-8-9-15(10-13(12)2)21-18-11-14(3)16-6-4-5-7-17(16)19(18)20/h4-10,14,18-19H,11,20H2,1-3H3. The van der Waals surface area contributed by atoms with E-state index in [1.54, 1.807) is 0 Å². The Kier molecular flexibility index (Phi) is 3.73. The summed E-state index contributed by atoms with van der Waals surface area (Å²) in [5.41, 5.74) is 11.6. The average molecular weight is 281 g/mol. The molecule has 2 heteroatoms. The van der Waals surface area contributed by atoms with E-state index in [9.17, 15) is 0 Å². The van der Waals surface area contributed by atoms with Crippen LogP contribution in [-0.4, -0.2) is 6.10 Å². The predicted molar refractivity (Wildman–Crippen MR) is 86.7 cm³/mol. The molecule has 1 aliphatic carbocycles. The summed E-state index contributed by atoms with van der Waals surface area (Å²) < 4.78 is 6.21. The zero-order valence-electron chi connectivity index (χ0n) is 13.0. The van der Waals surface area contributed by atoms with Crippen LogP contribution in [0.5, 0.6) is 5.75 Å². The Balaban J connectivity index is 1.85. The van der Waals surface area contributed by atoms with Crippen molar-refractivity contribution < 1.29 is 4.74 Å². The highest BCUT2D eigenvalue weighted by molar-refractivity contribution is 5.38. The van der Waals surface area contributed by atoms with Crippen LogP contribution < -0.4 is 10.5 Å². The first-order valence-corrected chi connectivity index (χ1v) is 7.64. The highest BCUT2D eigenvalue weighted by atomic mass is 16.5. The van der Waals surface area contributed by atoms with Gasteiger partial charge in [-0.2, -0.15) is 0 Å². The molecule has 0 bridgehead atoms. The largest absolute Gasteiger partial charge is 0.488 e. The van der Waals surface area contributed by atoms with Crippen LogP contribution in [-0.2, 0) is 0 Å². The highest BCUT2D eigenvalue weighted by Crippen LogP contribution is 2.38. The number of hydrogen-bond donors (Lipinski definition) is 1. The minimum atomic E-state index is -0.0565. The Hall–Kier alpha value is -1.80.